The summed E-state index contributed by atoms with van der Waals surface area (Å²) in [5.41, 5.74) is 3.62. The molecule has 2 heterocycles. The van der Waals surface area contributed by atoms with Gasteiger partial charge in [0.25, 0.3) is 5.91 Å². The smallest absolute Gasteiger partial charge is 0.257 e. The summed E-state index contributed by atoms with van der Waals surface area (Å²) >= 11 is 0. The lowest BCUT2D eigenvalue weighted by molar-refractivity contribution is -0.127. The predicted octanol–water partition coefficient (Wildman–Crippen LogP) is 1.63. The van der Waals surface area contributed by atoms with Gasteiger partial charge < -0.3 is 19.6 Å². The van der Waals surface area contributed by atoms with Crippen LogP contribution in [0.4, 0.5) is 4.39 Å². The second-order valence-electron chi connectivity index (χ2n) is 7.10. The highest BCUT2D eigenvalue weighted by Crippen LogP contribution is 2.25. The van der Waals surface area contributed by atoms with Gasteiger partial charge in [0, 0.05) is 37.3 Å². The normalized spacial score (nSPS) is 17.9. The third-order valence-electron chi connectivity index (χ3n) is 5.21. The van der Waals surface area contributed by atoms with Gasteiger partial charge in [-0.2, -0.15) is 0 Å². The van der Waals surface area contributed by atoms with E-state index in [0.29, 0.717) is 37.3 Å². The lowest BCUT2D eigenvalue weighted by Crippen LogP contribution is -2.50. The number of ether oxygens (including phenoxy) is 1. The molecular weight excluding hydrogens is 403 g/mol. The molecule has 2 amide bonds. The van der Waals surface area contributed by atoms with Crippen molar-refractivity contribution in [3.8, 4) is 5.75 Å². The van der Waals surface area contributed by atoms with Crippen molar-refractivity contribution in [1.82, 2.24) is 15.2 Å². The minimum Gasteiger partial charge on any atom is -0.437 e. The van der Waals surface area contributed by atoms with Crippen molar-refractivity contribution in [2.45, 2.75) is 6.23 Å². The minimum absolute atomic E-state index is 0.126. The van der Waals surface area contributed by atoms with Gasteiger partial charge in [-0.05, 0) is 30.3 Å². The number of hydrogen-bond donors (Lipinski definition) is 2. The number of carbonyl (C=O) groups is 2. The van der Waals surface area contributed by atoms with Gasteiger partial charge in [-0.1, -0.05) is 24.8 Å². The van der Waals surface area contributed by atoms with Crippen molar-refractivity contribution >= 4 is 17.7 Å². The second-order valence-corrected chi connectivity index (χ2v) is 7.10. The average Bonchev–Trinajstić information content (AvgIpc) is 2.81. The van der Waals surface area contributed by atoms with E-state index >= 15 is 0 Å². The van der Waals surface area contributed by atoms with Gasteiger partial charge in [-0.15, -0.1) is 5.10 Å². The minimum atomic E-state index is -0.958. The molecule has 2 N–H and O–H groups in total. The number of halogens is 1. The Bertz CT molecular complexity index is 1060. The van der Waals surface area contributed by atoms with Crippen molar-refractivity contribution < 1.29 is 23.8 Å². The highest BCUT2D eigenvalue weighted by molar-refractivity contribution is 5.98. The quantitative estimate of drug-likeness (QED) is 0.731. The number of carbonyl (C=O) groups excluding carboxylic acids is 2. The molecule has 2 aromatic rings. The van der Waals surface area contributed by atoms with E-state index in [4.69, 9.17) is 4.74 Å². The fraction of sp³-hybridized carbons (Fsp3) is 0.227. The zero-order chi connectivity index (χ0) is 22.0. The molecule has 0 bridgehead atoms. The van der Waals surface area contributed by atoms with E-state index in [2.05, 4.69) is 17.1 Å². The first-order chi connectivity index (χ1) is 15.0. The SMILES string of the molecule is C=CC(=O)N1CCN(C(=O)c2cc(OC3=NNC(O)c4ccccc43)ccc2F)CC1. The van der Waals surface area contributed by atoms with E-state index < -0.39 is 18.0 Å². The number of hydrazone groups is 1. The van der Waals surface area contributed by atoms with Crippen LogP contribution in [0, 0.1) is 5.82 Å². The van der Waals surface area contributed by atoms with Gasteiger partial charge in [0.15, 0.2) is 6.23 Å². The zero-order valence-corrected chi connectivity index (χ0v) is 16.6. The molecule has 0 spiro atoms. The second kappa shape index (κ2) is 8.57. The number of amides is 2. The van der Waals surface area contributed by atoms with Crippen molar-refractivity contribution in [2.24, 2.45) is 5.10 Å². The summed E-state index contributed by atoms with van der Waals surface area (Å²) in [6.45, 7) is 4.77. The van der Waals surface area contributed by atoms with Gasteiger partial charge in [0.2, 0.25) is 11.8 Å². The van der Waals surface area contributed by atoms with E-state index in [0.717, 1.165) is 6.07 Å². The number of piperazine rings is 1. The van der Waals surface area contributed by atoms with E-state index in [1.54, 1.807) is 29.2 Å². The van der Waals surface area contributed by atoms with Crippen LogP contribution >= 0.6 is 0 Å². The summed E-state index contributed by atoms with van der Waals surface area (Å²) in [6.07, 6.45) is 0.276. The molecule has 2 aliphatic rings. The maximum atomic E-state index is 14.4. The van der Waals surface area contributed by atoms with Gasteiger partial charge in [-0.3, -0.25) is 15.0 Å². The van der Waals surface area contributed by atoms with Crippen molar-refractivity contribution in [2.75, 3.05) is 26.2 Å². The number of nitrogens with zero attached hydrogens (tertiary/aromatic N) is 3. The first-order valence-corrected chi connectivity index (χ1v) is 9.76. The molecule has 1 fully saturated rings. The van der Waals surface area contributed by atoms with Crippen molar-refractivity contribution in [3.63, 3.8) is 0 Å². The lowest BCUT2D eigenvalue weighted by Gasteiger charge is -2.34. The van der Waals surface area contributed by atoms with Crippen molar-refractivity contribution in [1.29, 1.82) is 0 Å². The van der Waals surface area contributed by atoms with Crippen LogP contribution in [0.2, 0.25) is 0 Å². The summed E-state index contributed by atoms with van der Waals surface area (Å²) < 4.78 is 20.2. The third-order valence-corrected chi connectivity index (χ3v) is 5.21. The highest BCUT2D eigenvalue weighted by Gasteiger charge is 2.27. The van der Waals surface area contributed by atoms with E-state index in [-0.39, 0.29) is 23.1 Å². The number of benzene rings is 2. The summed E-state index contributed by atoms with van der Waals surface area (Å²) in [6, 6.07) is 10.9. The largest absolute Gasteiger partial charge is 0.437 e. The van der Waals surface area contributed by atoms with Crippen molar-refractivity contribution in [3.05, 3.63) is 77.6 Å². The molecule has 8 nitrogen and oxygen atoms in total. The van der Waals surface area contributed by atoms with Crippen LogP contribution in [-0.4, -0.2) is 58.8 Å². The Kier molecular flexibility index (Phi) is 5.68. The van der Waals surface area contributed by atoms with Crippen LogP contribution in [0.15, 0.2) is 60.2 Å². The third kappa shape index (κ3) is 4.13. The summed E-state index contributed by atoms with van der Waals surface area (Å²) in [5.74, 6) is -0.907. The Balaban J connectivity index is 1.51. The first-order valence-electron chi connectivity index (χ1n) is 9.76. The van der Waals surface area contributed by atoms with E-state index in [1.807, 2.05) is 0 Å². The van der Waals surface area contributed by atoms with E-state index in [9.17, 15) is 19.1 Å². The standard InChI is InChI=1S/C22H21FN4O4/c1-2-19(28)26-9-11-27(12-10-26)22(30)17-13-14(7-8-18(17)23)31-21-16-6-4-3-5-15(16)20(29)24-25-21/h2-8,13,20,24,29H,1,9-12H2. The molecule has 0 aromatic heterocycles. The summed E-state index contributed by atoms with van der Waals surface area (Å²) in [5, 5.41) is 14.0. The number of aliphatic hydroxyl groups is 1. The van der Waals surface area contributed by atoms with E-state index in [1.165, 1.54) is 23.1 Å². The van der Waals surface area contributed by atoms with Crippen LogP contribution in [0.1, 0.15) is 27.7 Å². The first kappa shape index (κ1) is 20.5. The molecule has 1 unspecified atom stereocenters. The molecule has 160 valence electrons. The maximum Gasteiger partial charge on any atom is 0.257 e. The Morgan fingerprint density at radius 1 is 1.16 bits per heavy atom. The topological polar surface area (TPSA) is 94.5 Å². The van der Waals surface area contributed by atoms with Crippen LogP contribution in [0.3, 0.4) is 0 Å². The lowest BCUT2D eigenvalue weighted by atomic mass is 10.1. The number of hydrogen-bond acceptors (Lipinski definition) is 6. The molecule has 0 aliphatic carbocycles. The molecule has 1 atom stereocenters. The fourth-order valence-electron chi connectivity index (χ4n) is 3.53. The van der Waals surface area contributed by atoms with Crippen LogP contribution in [-0.2, 0) is 4.79 Å². The highest BCUT2D eigenvalue weighted by atomic mass is 19.1. The molecule has 4 rings (SSSR count). The predicted molar refractivity (Wildman–Crippen MR) is 111 cm³/mol. The molecule has 2 aromatic carbocycles. The Hall–Kier alpha value is -3.72. The van der Waals surface area contributed by atoms with Gasteiger partial charge in [0.05, 0.1) is 5.56 Å². The van der Waals surface area contributed by atoms with Crippen LogP contribution < -0.4 is 10.2 Å². The molecule has 31 heavy (non-hydrogen) atoms. The maximum absolute atomic E-state index is 14.4. The average molecular weight is 424 g/mol. The molecule has 9 heteroatoms. The zero-order valence-electron chi connectivity index (χ0n) is 16.6. The summed E-state index contributed by atoms with van der Waals surface area (Å²) in [4.78, 5) is 27.7. The number of rotatable bonds is 3. The van der Waals surface area contributed by atoms with Crippen LogP contribution in [0.25, 0.3) is 0 Å². The number of nitrogens with one attached hydrogen (secondary N) is 1. The molecule has 1 saturated heterocycles. The number of fused-ring (bicyclic) bond motifs is 1. The summed E-state index contributed by atoms with van der Waals surface area (Å²) in [7, 11) is 0. The van der Waals surface area contributed by atoms with Gasteiger partial charge >= 0.3 is 0 Å². The Morgan fingerprint density at radius 2 is 1.87 bits per heavy atom. The Morgan fingerprint density at radius 3 is 2.61 bits per heavy atom. The molecule has 0 radical (unpaired) electrons. The van der Waals surface area contributed by atoms with Crippen LogP contribution in [0.5, 0.6) is 5.75 Å². The monoisotopic (exact) mass is 424 g/mol. The van der Waals surface area contributed by atoms with Gasteiger partial charge in [0.1, 0.15) is 11.6 Å². The molecule has 0 saturated carbocycles. The van der Waals surface area contributed by atoms with Gasteiger partial charge in [-0.25, -0.2) is 4.39 Å². The fourth-order valence-corrected chi connectivity index (χ4v) is 3.53. The Labute approximate surface area is 178 Å². The molecular formula is C22H21FN4O4. The number of aliphatic hydroxyl groups excluding tert-OH is 1. The molecule has 2 aliphatic heterocycles.